The van der Waals surface area contributed by atoms with Crippen molar-refractivity contribution >= 4 is 11.8 Å². The van der Waals surface area contributed by atoms with E-state index in [0.29, 0.717) is 12.8 Å². The second-order valence-electron chi connectivity index (χ2n) is 11.3. The van der Waals surface area contributed by atoms with E-state index in [4.69, 9.17) is 18.9 Å². The van der Waals surface area contributed by atoms with Gasteiger partial charge in [0.25, 0.3) is 0 Å². The number of aliphatic hydroxyl groups excluding tert-OH is 2. The van der Waals surface area contributed by atoms with Crippen LogP contribution in [0.4, 0.5) is 0 Å². The number of hydrogen-bond acceptors (Lipinski definition) is 8. The topological polar surface area (TPSA) is 136 Å². The van der Waals surface area contributed by atoms with Gasteiger partial charge in [-0.2, -0.15) is 0 Å². The summed E-state index contributed by atoms with van der Waals surface area (Å²) in [5.41, 5.74) is 1.71. The first-order chi connectivity index (χ1) is 21.2. The Morgan fingerprint density at radius 1 is 0.659 bits per heavy atom. The minimum absolute atomic E-state index is 0.0649. The van der Waals surface area contributed by atoms with Crippen LogP contribution < -0.4 is 10.6 Å². The molecule has 10 nitrogen and oxygen atoms in total. The minimum atomic E-state index is -1.45. The maximum absolute atomic E-state index is 13.5. The fraction of sp³-hybridized carbons (Fsp3) is 0.588. The van der Waals surface area contributed by atoms with E-state index in [-0.39, 0.29) is 38.3 Å². The maximum atomic E-state index is 13.5. The Morgan fingerprint density at radius 3 is 1.30 bits per heavy atom. The number of carbonyl (C=O) groups is 2. The minimum Gasteiger partial charge on any atom is -0.388 e. The molecular formula is C34H52N2O8. The van der Waals surface area contributed by atoms with Crippen molar-refractivity contribution in [1.82, 2.24) is 10.6 Å². The van der Waals surface area contributed by atoms with E-state index in [1.54, 1.807) is 0 Å². The molecule has 3 unspecified atom stereocenters. The molecule has 0 spiro atoms. The summed E-state index contributed by atoms with van der Waals surface area (Å²) >= 11 is 0. The number of aliphatic hydroxyl groups is 2. The van der Waals surface area contributed by atoms with Gasteiger partial charge < -0.3 is 39.8 Å². The number of hydrogen-bond donors (Lipinski definition) is 4. The lowest BCUT2D eigenvalue weighted by Gasteiger charge is -2.35. The van der Waals surface area contributed by atoms with Crippen LogP contribution in [0.2, 0.25) is 0 Å². The van der Waals surface area contributed by atoms with Crippen molar-refractivity contribution in [3.63, 3.8) is 0 Å². The smallest absolute Gasteiger partial charge is 0.249 e. The zero-order valence-electron chi connectivity index (χ0n) is 27.0. The third-order valence-corrected chi connectivity index (χ3v) is 8.00. The van der Waals surface area contributed by atoms with E-state index in [1.165, 1.54) is 14.2 Å². The zero-order valence-corrected chi connectivity index (χ0v) is 27.0. The number of nitrogens with one attached hydrogen (secondary N) is 2. The summed E-state index contributed by atoms with van der Waals surface area (Å²) in [6.07, 6.45) is -2.70. The predicted octanol–water partition coefficient (Wildman–Crippen LogP) is 3.23. The largest absolute Gasteiger partial charge is 0.388 e. The van der Waals surface area contributed by atoms with Gasteiger partial charge in [0.15, 0.2) is 0 Å². The average Bonchev–Trinajstić information content (AvgIpc) is 3.04. The molecule has 0 radical (unpaired) electrons. The highest BCUT2D eigenvalue weighted by atomic mass is 16.7. The van der Waals surface area contributed by atoms with Crippen molar-refractivity contribution in [3.8, 4) is 0 Å². The Morgan fingerprint density at radius 2 is 1.00 bits per heavy atom. The third kappa shape index (κ3) is 11.9. The lowest BCUT2D eigenvalue weighted by atomic mass is 9.90. The molecule has 2 rings (SSSR count). The molecule has 8 atom stereocenters. The van der Waals surface area contributed by atoms with Crippen molar-refractivity contribution in [2.24, 2.45) is 11.8 Å². The van der Waals surface area contributed by atoms with Crippen molar-refractivity contribution in [1.29, 1.82) is 0 Å². The molecule has 0 aliphatic rings. The second kappa shape index (κ2) is 20.2. The maximum Gasteiger partial charge on any atom is 0.249 e. The molecule has 2 amide bonds. The van der Waals surface area contributed by atoms with Crippen molar-refractivity contribution in [2.45, 2.75) is 89.9 Å². The molecule has 0 aliphatic carbocycles. The van der Waals surface area contributed by atoms with Crippen LogP contribution >= 0.6 is 0 Å². The molecule has 0 bridgehead atoms. The molecule has 10 heteroatoms. The van der Waals surface area contributed by atoms with Gasteiger partial charge in [-0.05, 0) is 35.8 Å². The number of methoxy groups -OCH3 is 2. The number of carbonyl (C=O) groups excluding carboxylic acids is 2. The first-order valence-corrected chi connectivity index (χ1v) is 15.4. The molecule has 4 N–H and O–H groups in total. The van der Waals surface area contributed by atoms with Gasteiger partial charge in [0.05, 0.1) is 12.1 Å². The monoisotopic (exact) mass is 616 g/mol. The van der Waals surface area contributed by atoms with Crippen LogP contribution in [0.3, 0.4) is 0 Å². The molecule has 44 heavy (non-hydrogen) atoms. The van der Waals surface area contributed by atoms with Gasteiger partial charge in [-0.3, -0.25) is 9.59 Å². The Labute approximate surface area is 262 Å². The highest BCUT2D eigenvalue weighted by Crippen LogP contribution is 2.19. The van der Waals surface area contributed by atoms with Crippen LogP contribution in [-0.2, 0) is 41.4 Å². The molecule has 2 aromatic carbocycles. The molecule has 0 fully saturated rings. The Bertz CT molecular complexity index is 988. The second-order valence-corrected chi connectivity index (χ2v) is 11.3. The molecule has 0 heterocycles. The number of rotatable bonds is 21. The fourth-order valence-corrected chi connectivity index (χ4v) is 4.96. The van der Waals surface area contributed by atoms with E-state index in [2.05, 4.69) is 10.6 Å². The lowest BCUT2D eigenvalue weighted by molar-refractivity contribution is -0.151. The Kier molecular flexibility index (Phi) is 17.2. The van der Waals surface area contributed by atoms with E-state index in [1.807, 2.05) is 88.4 Å². The molecule has 0 saturated heterocycles. The van der Waals surface area contributed by atoms with Crippen LogP contribution in [0, 0.1) is 11.8 Å². The summed E-state index contributed by atoms with van der Waals surface area (Å²) in [4.78, 5) is 27.1. The molecule has 2 aromatic rings. The summed E-state index contributed by atoms with van der Waals surface area (Å²) in [5, 5.41) is 29.3. The van der Waals surface area contributed by atoms with Crippen LogP contribution in [0.25, 0.3) is 0 Å². The lowest BCUT2D eigenvalue weighted by Crippen LogP contribution is -2.59. The standard InChI is InChI=1S/C34H52N2O8/c1-7-23(3)31(43-21-41-5)33(39)35-27(19-25-15-11-9-12-16-25)29(37)30(38)28(20-26-17-13-10-14-18-26)36-34(40)32(24(4)8-2)44-22-42-6/h9-18,23-24,27-32,37-38H,7-8,19-22H2,1-6H3,(H,35,39)(H,36,40)/t23?,24?,27-,28-,29-,30-,31-,32?/m0/s1. The van der Waals surface area contributed by atoms with Crippen LogP contribution in [-0.4, -0.2) is 86.3 Å². The third-order valence-electron chi connectivity index (χ3n) is 8.00. The van der Waals surface area contributed by atoms with Crippen molar-refractivity contribution < 1.29 is 38.7 Å². The number of amides is 2. The average molecular weight is 617 g/mol. The quantitative estimate of drug-likeness (QED) is 0.157. The number of benzene rings is 2. The summed E-state index contributed by atoms with van der Waals surface area (Å²) in [6, 6.07) is 17.0. The van der Waals surface area contributed by atoms with Gasteiger partial charge in [0.1, 0.15) is 38.0 Å². The molecule has 0 aromatic heterocycles. The summed E-state index contributed by atoms with van der Waals surface area (Å²) in [7, 11) is 2.97. The predicted molar refractivity (Wildman–Crippen MR) is 169 cm³/mol. The highest BCUT2D eigenvalue weighted by Gasteiger charge is 2.37. The number of ether oxygens (including phenoxy) is 4. The zero-order chi connectivity index (χ0) is 32.5. The van der Waals surface area contributed by atoms with Gasteiger partial charge in [-0.1, -0.05) is 101 Å². The molecular weight excluding hydrogens is 564 g/mol. The van der Waals surface area contributed by atoms with Gasteiger partial charge in [0, 0.05) is 14.2 Å². The summed E-state index contributed by atoms with van der Waals surface area (Å²) in [5.74, 6) is -1.09. The Balaban J connectivity index is 2.41. The molecule has 0 saturated carbocycles. The van der Waals surface area contributed by atoms with Crippen LogP contribution in [0.1, 0.15) is 51.7 Å². The van der Waals surface area contributed by atoms with E-state index < -0.39 is 48.3 Å². The van der Waals surface area contributed by atoms with Gasteiger partial charge in [-0.25, -0.2) is 0 Å². The molecule has 0 aliphatic heterocycles. The van der Waals surface area contributed by atoms with Crippen molar-refractivity contribution in [3.05, 3.63) is 71.8 Å². The van der Waals surface area contributed by atoms with Gasteiger partial charge in [-0.15, -0.1) is 0 Å². The molecule has 246 valence electrons. The van der Waals surface area contributed by atoms with Gasteiger partial charge in [0.2, 0.25) is 11.8 Å². The first-order valence-electron chi connectivity index (χ1n) is 15.4. The summed E-state index contributed by atoms with van der Waals surface area (Å²) in [6.45, 7) is 7.60. The Hall–Kier alpha value is -2.86. The van der Waals surface area contributed by atoms with E-state index in [9.17, 15) is 19.8 Å². The SMILES string of the molecule is CCC(C)C(OCOC)C(=O)N[C@@H](Cc1ccccc1)[C@H](O)[C@@H](O)[C@H](Cc1ccccc1)NC(=O)[C@@H](OCOC)C(C)CC. The van der Waals surface area contributed by atoms with E-state index >= 15 is 0 Å². The van der Waals surface area contributed by atoms with E-state index in [0.717, 1.165) is 11.1 Å². The first kappa shape index (κ1) is 37.3. The normalized spacial score (nSPS) is 17.0. The highest BCUT2D eigenvalue weighted by molar-refractivity contribution is 5.82. The van der Waals surface area contributed by atoms with Crippen LogP contribution in [0.15, 0.2) is 60.7 Å². The summed E-state index contributed by atoms with van der Waals surface area (Å²) < 4.78 is 21.5. The van der Waals surface area contributed by atoms with Crippen molar-refractivity contribution in [2.75, 3.05) is 27.8 Å². The van der Waals surface area contributed by atoms with Crippen LogP contribution in [0.5, 0.6) is 0 Å². The van der Waals surface area contributed by atoms with Gasteiger partial charge >= 0.3 is 0 Å². The fourth-order valence-electron chi connectivity index (χ4n) is 4.96.